The van der Waals surface area contributed by atoms with Gasteiger partial charge in [0.1, 0.15) is 5.75 Å². The van der Waals surface area contributed by atoms with Gasteiger partial charge in [-0.15, -0.1) is 0 Å². The Hall–Kier alpha value is -3.75. The van der Waals surface area contributed by atoms with Crippen molar-refractivity contribution in [2.75, 3.05) is 38.1 Å². The molecule has 0 unspecified atom stereocenters. The number of anilines is 1. The van der Waals surface area contributed by atoms with E-state index in [4.69, 9.17) is 17.0 Å². The van der Waals surface area contributed by atoms with Crippen LogP contribution >= 0.6 is 12.2 Å². The zero-order valence-corrected chi connectivity index (χ0v) is 22.1. The highest BCUT2D eigenvalue weighted by Gasteiger charge is 2.10. The van der Waals surface area contributed by atoms with Crippen LogP contribution in [0.15, 0.2) is 78.9 Å². The van der Waals surface area contributed by atoms with Crippen molar-refractivity contribution >= 4 is 34.8 Å². The maximum absolute atomic E-state index is 12.6. The lowest BCUT2D eigenvalue weighted by Crippen LogP contribution is -2.35. The Kier molecular flexibility index (Phi) is 11.1. The summed E-state index contributed by atoms with van der Waals surface area (Å²) in [6.07, 6.45) is 0.811. The summed E-state index contributed by atoms with van der Waals surface area (Å²) in [4.78, 5) is 27.1. The molecule has 0 aromatic heterocycles. The molecule has 194 valence electrons. The number of likely N-dealkylation sites (N-methyl/N-ethyl adjacent to an activating group) is 1. The predicted molar refractivity (Wildman–Crippen MR) is 152 cm³/mol. The van der Waals surface area contributed by atoms with Gasteiger partial charge >= 0.3 is 0 Å². The number of hydrogen-bond donors (Lipinski definition) is 3. The number of hydrogen-bond acceptors (Lipinski definition) is 5. The number of rotatable bonds is 12. The summed E-state index contributed by atoms with van der Waals surface area (Å²) in [7, 11) is 0. The highest BCUT2D eigenvalue weighted by Crippen LogP contribution is 2.14. The van der Waals surface area contributed by atoms with Crippen LogP contribution < -0.4 is 20.7 Å². The van der Waals surface area contributed by atoms with Crippen LogP contribution in [0.4, 0.5) is 5.69 Å². The van der Waals surface area contributed by atoms with Crippen molar-refractivity contribution in [2.45, 2.75) is 20.3 Å². The summed E-state index contributed by atoms with van der Waals surface area (Å²) in [5, 5.41) is 8.75. The molecule has 3 N–H and O–H groups in total. The molecule has 0 atom stereocenters. The van der Waals surface area contributed by atoms with Gasteiger partial charge in [-0.3, -0.25) is 14.9 Å². The Labute approximate surface area is 224 Å². The summed E-state index contributed by atoms with van der Waals surface area (Å²) in [6, 6.07) is 24.0. The molecule has 2 amide bonds. The molecule has 3 rings (SSSR count). The van der Waals surface area contributed by atoms with Crippen molar-refractivity contribution in [1.29, 1.82) is 0 Å². The number of benzene rings is 3. The van der Waals surface area contributed by atoms with E-state index in [2.05, 4.69) is 46.8 Å². The van der Waals surface area contributed by atoms with E-state index in [0.29, 0.717) is 35.7 Å². The molecule has 0 fully saturated rings. The molecule has 7 nitrogen and oxygen atoms in total. The van der Waals surface area contributed by atoms with Gasteiger partial charge in [0.25, 0.3) is 11.8 Å². The lowest BCUT2D eigenvalue weighted by atomic mass is 10.2. The van der Waals surface area contributed by atoms with Crippen LogP contribution in [-0.2, 0) is 6.42 Å². The van der Waals surface area contributed by atoms with Crippen LogP contribution in [-0.4, -0.2) is 54.6 Å². The molecule has 0 radical (unpaired) electrons. The number of carbonyl (C=O) groups is 2. The predicted octanol–water partition coefficient (Wildman–Crippen LogP) is 4.51. The van der Waals surface area contributed by atoms with Crippen molar-refractivity contribution < 1.29 is 14.3 Å². The third kappa shape index (κ3) is 9.33. The molecule has 0 heterocycles. The first-order chi connectivity index (χ1) is 18.0. The van der Waals surface area contributed by atoms with E-state index in [1.54, 1.807) is 48.5 Å². The van der Waals surface area contributed by atoms with Gasteiger partial charge in [0.2, 0.25) is 0 Å². The SMILES string of the molecule is CCN(CC)CCNC(=O)c1ccc(NC(=S)NC(=O)c2ccc(OCCc3ccccc3)cc2)cc1. The zero-order chi connectivity index (χ0) is 26.5. The molecule has 8 heteroatoms. The molecule has 0 aliphatic carbocycles. The average Bonchev–Trinajstić information content (AvgIpc) is 2.92. The summed E-state index contributed by atoms with van der Waals surface area (Å²) < 4.78 is 5.77. The van der Waals surface area contributed by atoms with E-state index in [-0.39, 0.29) is 16.9 Å². The van der Waals surface area contributed by atoms with Gasteiger partial charge in [-0.25, -0.2) is 0 Å². The molecule has 0 bridgehead atoms. The van der Waals surface area contributed by atoms with Crippen LogP contribution in [0.25, 0.3) is 0 Å². The Morgan fingerprint density at radius 2 is 1.46 bits per heavy atom. The Balaban J connectivity index is 1.41. The van der Waals surface area contributed by atoms with E-state index in [0.717, 1.165) is 26.1 Å². The minimum Gasteiger partial charge on any atom is -0.493 e. The standard InChI is InChI=1S/C29H34N4O3S/c1-3-33(4-2)20-19-30-27(34)23-10-14-25(15-11-23)31-29(37)32-28(35)24-12-16-26(17-13-24)36-21-18-22-8-6-5-7-9-22/h5-17H,3-4,18-21H2,1-2H3,(H,30,34)(H2,31,32,35,37). The average molecular weight is 519 g/mol. The van der Waals surface area contributed by atoms with Crippen LogP contribution in [0.5, 0.6) is 5.75 Å². The molecule has 0 aliphatic rings. The highest BCUT2D eigenvalue weighted by molar-refractivity contribution is 7.80. The van der Waals surface area contributed by atoms with Crippen molar-refractivity contribution in [2.24, 2.45) is 0 Å². The van der Waals surface area contributed by atoms with E-state index >= 15 is 0 Å². The first kappa shape index (κ1) is 27.8. The molecule has 0 saturated carbocycles. The molecule has 3 aromatic carbocycles. The van der Waals surface area contributed by atoms with Crippen LogP contribution in [0, 0.1) is 0 Å². The van der Waals surface area contributed by atoms with Crippen LogP contribution in [0.1, 0.15) is 40.1 Å². The number of thiocarbonyl (C=S) groups is 1. The topological polar surface area (TPSA) is 82.7 Å². The van der Waals surface area contributed by atoms with Crippen LogP contribution in [0.2, 0.25) is 0 Å². The fourth-order valence-corrected chi connectivity index (χ4v) is 3.86. The number of ether oxygens (including phenoxy) is 1. The van der Waals surface area contributed by atoms with Gasteiger partial charge in [-0.1, -0.05) is 44.2 Å². The number of nitrogens with zero attached hydrogens (tertiary/aromatic N) is 1. The smallest absolute Gasteiger partial charge is 0.257 e. The molecule has 0 aliphatic heterocycles. The monoisotopic (exact) mass is 518 g/mol. The second kappa shape index (κ2) is 14.7. The second-order valence-electron chi connectivity index (χ2n) is 8.38. The Bertz CT molecular complexity index is 1150. The van der Waals surface area contributed by atoms with Gasteiger partial charge in [-0.2, -0.15) is 0 Å². The van der Waals surface area contributed by atoms with E-state index < -0.39 is 0 Å². The fourth-order valence-electron chi connectivity index (χ4n) is 3.65. The van der Waals surface area contributed by atoms with Gasteiger partial charge in [0.15, 0.2) is 5.11 Å². The largest absolute Gasteiger partial charge is 0.493 e. The summed E-state index contributed by atoms with van der Waals surface area (Å²) >= 11 is 5.28. The van der Waals surface area contributed by atoms with Gasteiger partial charge in [-0.05, 0) is 79.4 Å². The van der Waals surface area contributed by atoms with Crippen molar-refractivity contribution in [1.82, 2.24) is 15.5 Å². The third-order valence-electron chi connectivity index (χ3n) is 5.86. The van der Waals surface area contributed by atoms with E-state index in [1.165, 1.54) is 5.56 Å². The Morgan fingerprint density at radius 1 is 0.838 bits per heavy atom. The van der Waals surface area contributed by atoms with Gasteiger partial charge < -0.3 is 20.3 Å². The highest BCUT2D eigenvalue weighted by atomic mass is 32.1. The fraction of sp³-hybridized carbons (Fsp3) is 0.276. The zero-order valence-electron chi connectivity index (χ0n) is 21.3. The maximum Gasteiger partial charge on any atom is 0.257 e. The lowest BCUT2D eigenvalue weighted by molar-refractivity contribution is 0.0947. The van der Waals surface area contributed by atoms with Crippen molar-refractivity contribution in [3.63, 3.8) is 0 Å². The quantitative estimate of drug-likeness (QED) is 0.306. The molecule has 3 aromatic rings. The van der Waals surface area contributed by atoms with E-state index in [9.17, 15) is 9.59 Å². The van der Waals surface area contributed by atoms with Crippen LogP contribution in [0.3, 0.4) is 0 Å². The number of carbonyl (C=O) groups excluding carboxylic acids is 2. The molecule has 37 heavy (non-hydrogen) atoms. The minimum absolute atomic E-state index is 0.123. The first-order valence-electron chi connectivity index (χ1n) is 12.5. The number of amides is 2. The second-order valence-corrected chi connectivity index (χ2v) is 8.79. The molecule has 0 saturated heterocycles. The Morgan fingerprint density at radius 3 is 2.11 bits per heavy atom. The summed E-state index contributed by atoms with van der Waals surface area (Å²) in [6.45, 7) is 8.08. The summed E-state index contributed by atoms with van der Waals surface area (Å²) in [5.74, 6) is 0.255. The third-order valence-corrected chi connectivity index (χ3v) is 6.06. The minimum atomic E-state index is -0.322. The van der Waals surface area contributed by atoms with Gasteiger partial charge in [0.05, 0.1) is 6.61 Å². The lowest BCUT2D eigenvalue weighted by Gasteiger charge is -2.18. The van der Waals surface area contributed by atoms with E-state index in [1.807, 2.05) is 18.2 Å². The summed E-state index contributed by atoms with van der Waals surface area (Å²) in [5.41, 5.74) is 2.91. The van der Waals surface area contributed by atoms with Gasteiger partial charge in [0, 0.05) is 36.3 Å². The molecular weight excluding hydrogens is 484 g/mol. The van der Waals surface area contributed by atoms with Crippen molar-refractivity contribution in [3.05, 3.63) is 95.6 Å². The normalized spacial score (nSPS) is 10.6. The maximum atomic E-state index is 12.6. The molecular formula is C29H34N4O3S. The molecule has 0 spiro atoms. The first-order valence-corrected chi connectivity index (χ1v) is 12.9. The van der Waals surface area contributed by atoms with Crippen molar-refractivity contribution in [3.8, 4) is 5.75 Å². The number of nitrogens with one attached hydrogen (secondary N) is 3.